The van der Waals surface area contributed by atoms with Gasteiger partial charge >= 0.3 is 0 Å². The van der Waals surface area contributed by atoms with Crippen LogP contribution in [-0.4, -0.2) is 35.2 Å². The first-order valence-electron chi connectivity index (χ1n) is 11.3. The molecule has 6 rings (SSSR count). The number of amides is 1. The van der Waals surface area contributed by atoms with Crippen molar-refractivity contribution in [1.82, 2.24) is 29.3 Å². The molecule has 0 aliphatic heterocycles. The highest BCUT2D eigenvalue weighted by Gasteiger charge is 2.27. The highest BCUT2D eigenvalue weighted by Crippen LogP contribution is 2.40. The van der Waals surface area contributed by atoms with Crippen molar-refractivity contribution in [3.63, 3.8) is 0 Å². The summed E-state index contributed by atoms with van der Waals surface area (Å²) in [4.78, 5) is 23.4. The third-order valence-electron chi connectivity index (χ3n) is 5.98. The molecule has 0 atom stereocenters. The maximum atomic E-state index is 13.5. The Labute approximate surface area is 200 Å². The number of rotatable bonds is 6. The lowest BCUT2D eigenvalue weighted by Crippen LogP contribution is -2.14. The molecule has 0 unspecified atom stereocenters. The number of aromatic nitrogens is 6. The highest BCUT2D eigenvalue weighted by atomic mass is 32.1. The first kappa shape index (κ1) is 20.7. The third kappa shape index (κ3) is 3.67. The Morgan fingerprint density at radius 1 is 1.12 bits per heavy atom. The van der Waals surface area contributed by atoms with Crippen LogP contribution in [0, 0.1) is 0 Å². The smallest absolute Gasteiger partial charge is 0.269 e. The fraction of sp³-hybridized carbons (Fsp3) is 0.240. The number of pyridine rings is 1. The van der Waals surface area contributed by atoms with E-state index in [0.29, 0.717) is 28.1 Å². The Morgan fingerprint density at radius 2 is 1.97 bits per heavy atom. The lowest BCUT2D eigenvalue weighted by atomic mass is 10.2. The molecule has 34 heavy (non-hydrogen) atoms. The molecule has 1 aliphatic carbocycles. The van der Waals surface area contributed by atoms with Crippen LogP contribution in [0.5, 0.6) is 0 Å². The number of hydrogen-bond donors (Lipinski definition) is 1. The summed E-state index contributed by atoms with van der Waals surface area (Å²) in [5, 5.41) is 12.3. The highest BCUT2D eigenvalue weighted by molar-refractivity contribution is 7.21. The molecule has 1 aliphatic rings. The van der Waals surface area contributed by atoms with E-state index in [0.717, 1.165) is 21.5 Å². The molecule has 1 amide bonds. The fourth-order valence-electron chi connectivity index (χ4n) is 4.10. The van der Waals surface area contributed by atoms with Crippen LogP contribution in [0.2, 0.25) is 0 Å². The van der Waals surface area contributed by atoms with Gasteiger partial charge in [0.2, 0.25) is 0 Å². The van der Waals surface area contributed by atoms with Gasteiger partial charge in [0.25, 0.3) is 5.91 Å². The Kier molecular flexibility index (Phi) is 4.99. The van der Waals surface area contributed by atoms with Crippen LogP contribution >= 0.6 is 11.3 Å². The molecule has 1 fully saturated rings. The van der Waals surface area contributed by atoms with E-state index in [1.54, 1.807) is 12.4 Å². The van der Waals surface area contributed by atoms with Crippen LogP contribution in [0.25, 0.3) is 27.3 Å². The monoisotopic (exact) mass is 469 g/mol. The van der Waals surface area contributed by atoms with Crippen molar-refractivity contribution in [3.05, 3.63) is 71.9 Å². The molecule has 1 aromatic carbocycles. The van der Waals surface area contributed by atoms with E-state index in [4.69, 9.17) is 0 Å². The zero-order chi connectivity index (χ0) is 23.2. The summed E-state index contributed by atoms with van der Waals surface area (Å²) in [7, 11) is 0. The Morgan fingerprint density at radius 3 is 2.79 bits per heavy atom. The lowest BCUT2D eigenvalue weighted by Gasteiger charge is -2.11. The van der Waals surface area contributed by atoms with E-state index >= 15 is 0 Å². The van der Waals surface area contributed by atoms with E-state index in [1.165, 1.54) is 24.2 Å². The second-order valence-electron chi connectivity index (χ2n) is 8.77. The summed E-state index contributed by atoms with van der Waals surface area (Å²) in [5.74, 6) is 1.48. The predicted molar refractivity (Wildman–Crippen MR) is 133 cm³/mol. The van der Waals surface area contributed by atoms with Crippen molar-refractivity contribution < 1.29 is 4.79 Å². The molecule has 1 N–H and O–H groups in total. The number of hydrogen-bond acceptors (Lipinski definition) is 6. The molecule has 0 bridgehead atoms. The molecular formula is C25H23N7OS. The molecule has 9 heteroatoms. The summed E-state index contributed by atoms with van der Waals surface area (Å²) in [6.07, 6.45) is 7.93. The van der Waals surface area contributed by atoms with Crippen LogP contribution in [0.1, 0.15) is 54.0 Å². The third-order valence-corrected chi connectivity index (χ3v) is 7.14. The maximum absolute atomic E-state index is 13.5. The summed E-state index contributed by atoms with van der Waals surface area (Å²) in [6.45, 7) is 4.12. The minimum Gasteiger partial charge on any atom is -0.310 e. The van der Waals surface area contributed by atoms with E-state index in [1.807, 2.05) is 51.9 Å². The van der Waals surface area contributed by atoms with Gasteiger partial charge in [0, 0.05) is 28.2 Å². The van der Waals surface area contributed by atoms with E-state index < -0.39 is 0 Å². The zero-order valence-corrected chi connectivity index (χ0v) is 19.7. The van der Waals surface area contributed by atoms with E-state index in [9.17, 15) is 4.79 Å². The van der Waals surface area contributed by atoms with Gasteiger partial charge in [-0.25, -0.2) is 9.97 Å². The Balaban J connectivity index is 1.36. The van der Waals surface area contributed by atoms with Gasteiger partial charge in [-0.15, -0.1) is 21.5 Å². The number of thiophene rings is 1. The average Bonchev–Trinajstić information content (AvgIpc) is 3.25. The van der Waals surface area contributed by atoms with Crippen LogP contribution in [0.3, 0.4) is 0 Å². The topological polar surface area (TPSA) is 90.5 Å². The quantitative estimate of drug-likeness (QED) is 0.357. The van der Waals surface area contributed by atoms with Crippen molar-refractivity contribution in [2.45, 2.75) is 38.6 Å². The molecule has 1 saturated carbocycles. The molecule has 0 saturated heterocycles. The fourth-order valence-corrected chi connectivity index (χ4v) is 5.20. The zero-order valence-electron chi connectivity index (χ0n) is 18.8. The number of nitrogens with one attached hydrogen (secondary N) is 1. The van der Waals surface area contributed by atoms with Gasteiger partial charge in [0.05, 0.1) is 17.7 Å². The summed E-state index contributed by atoms with van der Waals surface area (Å²) >= 11 is 1.47. The van der Waals surface area contributed by atoms with Gasteiger partial charge in [-0.2, -0.15) is 0 Å². The summed E-state index contributed by atoms with van der Waals surface area (Å²) in [5.41, 5.74) is 2.60. The van der Waals surface area contributed by atoms with Crippen molar-refractivity contribution in [1.29, 1.82) is 0 Å². The SMILES string of the molecule is CC(C)n1cnnc1-c1cccc(NC(=O)c2sc3ccccc3c2-n2cnc(C3CC3)c2)n1. The first-order valence-corrected chi connectivity index (χ1v) is 12.1. The number of imidazole rings is 1. The van der Waals surface area contributed by atoms with Crippen LogP contribution in [-0.2, 0) is 0 Å². The van der Waals surface area contributed by atoms with Crippen molar-refractivity contribution in [2.75, 3.05) is 5.32 Å². The standard InChI is InChI=1S/C25H23N7OS/c1-15(2)32-14-27-30-24(32)18-7-5-9-21(28-18)29-25(33)23-22(17-6-3-4-8-20(17)34-23)31-12-19(26-13-31)16-10-11-16/h3-9,12-16H,10-11H2,1-2H3,(H,28,29,33). The van der Waals surface area contributed by atoms with E-state index in [2.05, 4.69) is 45.5 Å². The minimum absolute atomic E-state index is 0.196. The van der Waals surface area contributed by atoms with E-state index in [-0.39, 0.29) is 11.9 Å². The molecule has 4 aromatic heterocycles. The molecular weight excluding hydrogens is 446 g/mol. The van der Waals surface area contributed by atoms with Gasteiger partial charge in [0.1, 0.15) is 22.7 Å². The largest absolute Gasteiger partial charge is 0.310 e. The Hall–Kier alpha value is -3.85. The minimum atomic E-state index is -0.201. The molecule has 0 radical (unpaired) electrons. The van der Waals surface area contributed by atoms with Gasteiger partial charge in [0.15, 0.2) is 5.82 Å². The molecule has 8 nitrogen and oxygen atoms in total. The number of anilines is 1. The van der Waals surface area contributed by atoms with Gasteiger partial charge < -0.3 is 14.5 Å². The predicted octanol–water partition coefficient (Wildman–Crippen LogP) is 5.45. The van der Waals surface area contributed by atoms with Gasteiger partial charge in [-0.3, -0.25) is 4.79 Å². The molecule has 170 valence electrons. The second-order valence-corrected chi connectivity index (χ2v) is 9.83. The summed E-state index contributed by atoms with van der Waals surface area (Å²) < 4.78 is 4.99. The second kappa shape index (κ2) is 8.18. The van der Waals surface area contributed by atoms with Crippen LogP contribution in [0.4, 0.5) is 5.82 Å². The maximum Gasteiger partial charge on any atom is 0.269 e. The number of carbonyl (C=O) groups excluding carboxylic acids is 1. The summed E-state index contributed by atoms with van der Waals surface area (Å²) in [6, 6.07) is 13.8. The molecule has 0 spiro atoms. The van der Waals surface area contributed by atoms with Crippen molar-refractivity contribution >= 4 is 33.1 Å². The number of benzene rings is 1. The van der Waals surface area contributed by atoms with Crippen LogP contribution < -0.4 is 5.32 Å². The average molecular weight is 470 g/mol. The number of carbonyl (C=O) groups is 1. The Bertz CT molecular complexity index is 1510. The normalized spacial score (nSPS) is 13.6. The van der Waals surface area contributed by atoms with Crippen molar-refractivity contribution in [2.24, 2.45) is 0 Å². The van der Waals surface area contributed by atoms with Crippen LogP contribution in [0.15, 0.2) is 61.3 Å². The molecule has 5 aromatic rings. The number of fused-ring (bicyclic) bond motifs is 1. The van der Waals surface area contributed by atoms with Gasteiger partial charge in [-0.1, -0.05) is 24.3 Å². The molecule has 4 heterocycles. The van der Waals surface area contributed by atoms with Gasteiger partial charge in [-0.05, 0) is 44.9 Å². The van der Waals surface area contributed by atoms with Crippen molar-refractivity contribution in [3.8, 4) is 17.2 Å². The lowest BCUT2D eigenvalue weighted by molar-refractivity contribution is 0.103. The number of nitrogens with zero attached hydrogens (tertiary/aromatic N) is 6. The first-order chi connectivity index (χ1) is 16.6.